The van der Waals surface area contributed by atoms with Crippen molar-refractivity contribution in [3.8, 4) is 11.8 Å². The van der Waals surface area contributed by atoms with Crippen molar-refractivity contribution in [2.45, 2.75) is 32.0 Å². The topological polar surface area (TPSA) is 99.4 Å². The van der Waals surface area contributed by atoms with Crippen LogP contribution in [0.4, 0.5) is 5.69 Å². The number of carbonyl (C=O) groups is 1. The Morgan fingerprint density at radius 1 is 1.38 bits per heavy atom. The van der Waals surface area contributed by atoms with Gasteiger partial charge in [0, 0.05) is 24.6 Å². The van der Waals surface area contributed by atoms with E-state index >= 15 is 0 Å². The zero-order valence-electron chi connectivity index (χ0n) is 13.4. The Morgan fingerprint density at radius 2 is 2.17 bits per heavy atom. The van der Waals surface area contributed by atoms with E-state index < -0.39 is 6.10 Å². The van der Waals surface area contributed by atoms with E-state index in [1.807, 2.05) is 13.0 Å². The number of amides is 1. The summed E-state index contributed by atoms with van der Waals surface area (Å²) in [6.45, 7) is 2.34. The van der Waals surface area contributed by atoms with Crippen LogP contribution in [0, 0.1) is 6.92 Å². The van der Waals surface area contributed by atoms with Gasteiger partial charge in [-0.3, -0.25) is 4.79 Å². The molecule has 0 bridgehead atoms. The standard InChI is InChI=1S/C17H20N4O3/c1-11-9-12(24-17-19-7-2-8-20-17)3-5-14(11)21-16(22)15-6-4-13(10-18)23-15/h2-3,5,7-9,13,15H,4,6,10,18H2,1H3,(H,21,22)/t13-,15+/m1/s1. The molecule has 0 saturated carbocycles. The minimum Gasteiger partial charge on any atom is -0.424 e. The van der Waals surface area contributed by atoms with Crippen molar-refractivity contribution in [3.63, 3.8) is 0 Å². The lowest BCUT2D eigenvalue weighted by atomic mass is 10.1. The molecule has 1 aliphatic heterocycles. The van der Waals surface area contributed by atoms with E-state index in [4.69, 9.17) is 15.2 Å². The average molecular weight is 328 g/mol. The highest BCUT2D eigenvalue weighted by molar-refractivity contribution is 5.95. The molecule has 1 amide bonds. The molecule has 126 valence electrons. The largest absolute Gasteiger partial charge is 0.424 e. The molecule has 1 aliphatic rings. The number of aromatic nitrogens is 2. The fraction of sp³-hybridized carbons (Fsp3) is 0.353. The molecule has 1 fully saturated rings. The highest BCUT2D eigenvalue weighted by Crippen LogP contribution is 2.26. The molecule has 0 spiro atoms. The van der Waals surface area contributed by atoms with E-state index in [1.54, 1.807) is 30.6 Å². The summed E-state index contributed by atoms with van der Waals surface area (Å²) in [7, 11) is 0. The summed E-state index contributed by atoms with van der Waals surface area (Å²) >= 11 is 0. The van der Waals surface area contributed by atoms with E-state index in [9.17, 15) is 4.79 Å². The monoisotopic (exact) mass is 328 g/mol. The predicted octanol–water partition coefficient (Wildman–Crippen LogP) is 2.02. The maximum absolute atomic E-state index is 12.3. The van der Waals surface area contributed by atoms with E-state index in [0.29, 0.717) is 18.7 Å². The van der Waals surface area contributed by atoms with Gasteiger partial charge in [0.25, 0.3) is 5.91 Å². The maximum atomic E-state index is 12.3. The van der Waals surface area contributed by atoms with Crippen LogP contribution in [0.1, 0.15) is 18.4 Å². The third-order valence-electron chi connectivity index (χ3n) is 3.87. The van der Waals surface area contributed by atoms with Crippen LogP contribution in [0.15, 0.2) is 36.7 Å². The minimum absolute atomic E-state index is 0.0245. The third-order valence-corrected chi connectivity index (χ3v) is 3.87. The van der Waals surface area contributed by atoms with E-state index in [1.165, 1.54) is 0 Å². The number of carbonyl (C=O) groups excluding carboxylic acids is 1. The van der Waals surface area contributed by atoms with Crippen LogP contribution < -0.4 is 15.8 Å². The smallest absolute Gasteiger partial charge is 0.321 e. The van der Waals surface area contributed by atoms with Gasteiger partial charge in [-0.25, -0.2) is 9.97 Å². The molecule has 2 heterocycles. The summed E-state index contributed by atoms with van der Waals surface area (Å²) in [5, 5.41) is 2.90. The van der Waals surface area contributed by atoms with E-state index in [-0.39, 0.29) is 18.0 Å². The molecule has 3 rings (SSSR count). The van der Waals surface area contributed by atoms with E-state index in [2.05, 4.69) is 15.3 Å². The zero-order chi connectivity index (χ0) is 16.9. The Morgan fingerprint density at radius 3 is 2.83 bits per heavy atom. The first kappa shape index (κ1) is 16.4. The second kappa shape index (κ2) is 7.37. The molecular weight excluding hydrogens is 308 g/mol. The predicted molar refractivity (Wildman–Crippen MR) is 88.9 cm³/mol. The lowest BCUT2D eigenvalue weighted by Gasteiger charge is -2.14. The number of nitrogens with zero attached hydrogens (tertiary/aromatic N) is 2. The zero-order valence-corrected chi connectivity index (χ0v) is 13.4. The number of aryl methyl sites for hydroxylation is 1. The van der Waals surface area contributed by atoms with Crippen molar-refractivity contribution in [1.29, 1.82) is 0 Å². The van der Waals surface area contributed by atoms with Crippen molar-refractivity contribution < 1.29 is 14.3 Å². The van der Waals surface area contributed by atoms with Crippen LogP contribution in [0.3, 0.4) is 0 Å². The van der Waals surface area contributed by atoms with Crippen molar-refractivity contribution >= 4 is 11.6 Å². The number of nitrogens with two attached hydrogens (primary N) is 1. The molecule has 24 heavy (non-hydrogen) atoms. The number of ether oxygens (including phenoxy) is 2. The second-order valence-electron chi connectivity index (χ2n) is 5.66. The summed E-state index contributed by atoms with van der Waals surface area (Å²) in [6, 6.07) is 7.38. The molecule has 1 aromatic carbocycles. The first-order valence-electron chi connectivity index (χ1n) is 7.87. The molecule has 1 saturated heterocycles. The van der Waals surface area contributed by atoms with Gasteiger partial charge in [-0.1, -0.05) is 0 Å². The first-order chi connectivity index (χ1) is 11.7. The van der Waals surface area contributed by atoms with Crippen LogP contribution in [0.25, 0.3) is 0 Å². The van der Waals surface area contributed by atoms with Gasteiger partial charge in [0.1, 0.15) is 11.9 Å². The Balaban J connectivity index is 1.63. The fourth-order valence-electron chi connectivity index (χ4n) is 2.57. The van der Waals surface area contributed by atoms with Crippen molar-refractivity contribution in [3.05, 3.63) is 42.2 Å². The summed E-state index contributed by atoms with van der Waals surface area (Å²) < 4.78 is 11.2. The number of nitrogens with one attached hydrogen (secondary N) is 1. The summed E-state index contributed by atoms with van der Waals surface area (Å²) in [6.07, 6.45) is 4.27. The molecule has 0 radical (unpaired) electrons. The van der Waals surface area contributed by atoms with Gasteiger partial charge < -0.3 is 20.5 Å². The van der Waals surface area contributed by atoms with Crippen LogP contribution in [-0.4, -0.2) is 34.6 Å². The van der Waals surface area contributed by atoms with Crippen LogP contribution in [-0.2, 0) is 9.53 Å². The molecule has 0 aliphatic carbocycles. The molecule has 3 N–H and O–H groups in total. The quantitative estimate of drug-likeness (QED) is 0.871. The Bertz CT molecular complexity index is 708. The molecule has 2 atom stereocenters. The summed E-state index contributed by atoms with van der Waals surface area (Å²) in [5.74, 6) is 0.464. The van der Waals surface area contributed by atoms with Crippen LogP contribution in [0.2, 0.25) is 0 Å². The number of hydrogen-bond donors (Lipinski definition) is 2. The Kier molecular flexibility index (Phi) is 5.02. The summed E-state index contributed by atoms with van der Waals surface area (Å²) in [4.78, 5) is 20.3. The van der Waals surface area contributed by atoms with Gasteiger partial charge in [-0.05, 0) is 49.6 Å². The highest BCUT2D eigenvalue weighted by Gasteiger charge is 2.30. The van der Waals surface area contributed by atoms with Crippen LogP contribution >= 0.6 is 0 Å². The highest BCUT2D eigenvalue weighted by atomic mass is 16.5. The van der Waals surface area contributed by atoms with Gasteiger partial charge in [0.2, 0.25) is 0 Å². The Hall–Kier alpha value is -2.51. The summed E-state index contributed by atoms with van der Waals surface area (Å²) in [5.41, 5.74) is 7.18. The number of anilines is 1. The molecule has 2 aromatic rings. The number of rotatable bonds is 5. The van der Waals surface area contributed by atoms with Gasteiger partial charge in [0.05, 0.1) is 6.10 Å². The van der Waals surface area contributed by atoms with Crippen LogP contribution in [0.5, 0.6) is 11.8 Å². The second-order valence-corrected chi connectivity index (χ2v) is 5.66. The molecule has 0 unspecified atom stereocenters. The van der Waals surface area contributed by atoms with Gasteiger partial charge >= 0.3 is 6.01 Å². The van der Waals surface area contributed by atoms with Crippen molar-refractivity contribution in [2.24, 2.45) is 5.73 Å². The van der Waals surface area contributed by atoms with Crippen molar-refractivity contribution in [1.82, 2.24) is 9.97 Å². The average Bonchev–Trinajstić information content (AvgIpc) is 3.07. The minimum atomic E-state index is -0.438. The normalized spacial score (nSPS) is 19.9. The lowest BCUT2D eigenvalue weighted by molar-refractivity contribution is -0.126. The molecule has 7 heteroatoms. The van der Waals surface area contributed by atoms with E-state index in [0.717, 1.165) is 17.7 Å². The SMILES string of the molecule is Cc1cc(Oc2ncccn2)ccc1NC(=O)[C@@H]1CC[C@H](CN)O1. The lowest BCUT2D eigenvalue weighted by Crippen LogP contribution is -2.30. The van der Waals surface area contributed by atoms with Gasteiger partial charge in [0.15, 0.2) is 0 Å². The third kappa shape index (κ3) is 3.87. The number of hydrogen-bond acceptors (Lipinski definition) is 6. The van der Waals surface area contributed by atoms with Gasteiger partial charge in [-0.2, -0.15) is 0 Å². The molecular formula is C17H20N4O3. The maximum Gasteiger partial charge on any atom is 0.321 e. The van der Waals surface area contributed by atoms with Gasteiger partial charge in [-0.15, -0.1) is 0 Å². The first-order valence-corrected chi connectivity index (χ1v) is 7.87. The Labute approximate surface area is 140 Å². The number of benzene rings is 1. The fourth-order valence-corrected chi connectivity index (χ4v) is 2.57. The molecule has 1 aromatic heterocycles. The van der Waals surface area contributed by atoms with Crippen molar-refractivity contribution in [2.75, 3.05) is 11.9 Å². The molecule has 7 nitrogen and oxygen atoms in total.